The molecule has 7 nitrogen and oxygen atoms in total. The van der Waals surface area contributed by atoms with Crippen LogP contribution in [0.25, 0.3) is 11.5 Å². The van der Waals surface area contributed by atoms with E-state index >= 15 is 0 Å². The van der Waals surface area contributed by atoms with Crippen molar-refractivity contribution in [2.45, 2.75) is 19.4 Å². The van der Waals surface area contributed by atoms with Gasteiger partial charge in [0.15, 0.2) is 0 Å². The Bertz CT molecular complexity index is 901. The van der Waals surface area contributed by atoms with Crippen LogP contribution in [0.1, 0.15) is 28.2 Å². The van der Waals surface area contributed by atoms with Crippen LogP contribution in [0.4, 0.5) is 0 Å². The van der Waals surface area contributed by atoms with Crippen molar-refractivity contribution < 1.29 is 14.0 Å². The number of amides is 2. The van der Waals surface area contributed by atoms with Crippen molar-refractivity contribution in [1.82, 2.24) is 20.4 Å². The number of nitrogens with one attached hydrogen (secondary N) is 1. The van der Waals surface area contributed by atoms with Crippen LogP contribution in [0.15, 0.2) is 45.5 Å². The lowest BCUT2D eigenvalue weighted by molar-refractivity contribution is -0.121. The molecule has 27 heavy (non-hydrogen) atoms. The highest BCUT2D eigenvalue weighted by molar-refractivity contribution is 7.08. The molecule has 0 fully saturated rings. The highest BCUT2D eigenvalue weighted by atomic mass is 32.1. The normalized spacial score (nSPS) is 10.6. The Hall–Kier alpha value is -3.00. The lowest BCUT2D eigenvalue weighted by Crippen LogP contribution is -2.23. The maximum atomic E-state index is 12.0. The van der Waals surface area contributed by atoms with Gasteiger partial charge in [0.2, 0.25) is 17.7 Å². The number of hydrogen-bond donors (Lipinski definition) is 1. The Labute approximate surface area is 161 Å². The maximum Gasteiger partial charge on any atom is 0.253 e. The lowest BCUT2D eigenvalue weighted by atomic mass is 10.1. The van der Waals surface area contributed by atoms with E-state index in [0.717, 1.165) is 11.1 Å². The SMILES string of the molecule is CN(C)C(=O)c1ccc(CNC(=O)CCc2nnc(-c3ccsc3)o2)cc1. The van der Waals surface area contributed by atoms with E-state index in [4.69, 9.17) is 4.42 Å². The molecule has 1 N–H and O–H groups in total. The largest absolute Gasteiger partial charge is 0.421 e. The highest BCUT2D eigenvalue weighted by Crippen LogP contribution is 2.20. The first-order chi connectivity index (χ1) is 13.0. The van der Waals surface area contributed by atoms with Crippen molar-refractivity contribution in [2.75, 3.05) is 14.1 Å². The molecule has 2 aromatic heterocycles. The third-order valence-corrected chi connectivity index (χ3v) is 4.58. The van der Waals surface area contributed by atoms with Gasteiger partial charge in [-0.2, -0.15) is 11.3 Å². The Balaban J connectivity index is 1.45. The van der Waals surface area contributed by atoms with Crippen LogP contribution in [-0.4, -0.2) is 41.0 Å². The number of rotatable bonds is 7. The van der Waals surface area contributed by atoms with Gasteiger partial charge in [-0.1, -0.05) is 12.1 Å². The zero-order valence-corrected chi connectivity index (χ0v) is 16.0. The van der Waals surface area contributed by atoms with Crippen molar-refractivity contribution in [1.29, 1.82) is 0 Å². The molecule has 2 amide bonds. The van der Waals surface area contributed by atoms with Crippen LogP contribution in [-0.2, 0) is 17.8 Å². The summed E-state index contributed by atoms with van der Waals surface area (Å²) in [5.41, 5.74) is 2.43. The standard InChI is InChI=1S/C19H20N4O3S/c1-23(2)19(25)14-5-3-13(4-6-14)11-20-16(24)7-8-17-21-22-18(26-17)15-9-10-27-12-15/h3-6,9-10,12H,7-8,11H2,1-2H3,(H,20,24). The topological polar surface area (TPSA) is 88.3 Å². The summed E-state index contributed by atoms with van der Waals surface area (Å²) in [6.45, 7) is 0.402. The average Bonchev–Trinajstić information content (AvgIpc) is 3.35. The molecule has 0 aliphatic carbocycles. The second kappa shape index (κ2) is 8.59. The molecule has 2 heterocycles. The van der Waals surface area contributed by atoms with Gasteiger partial charge in [-0.3, -0.25) is 9.59 Å². The minimum atomic E-state index is -0.0984. The van der Waals surface area contributed by atoms with Crippen LogP contribution >= 0.6 is 11.3 Å². The van der Waals surface area contributed by atoms with E-state index in [0.29, 0.717) is 30.3 Å². The smallest absolute Gasteiger partial charge is 0.253 e. The van der Waals surface area contributed by atoms with E-state index in [2.05, 4.69) is 15.5 Å². The molecule has 0 radical (unpaired) electrons. The van der Waals surface area contributed by atoms with E-state index in [1.807, 2.05) is 29.0 Å². The molecule has 140 valence electrons. The quantitative estimate of drug-likeness (QED) is 0.677. The molecule has 0 saturated carbocycles. The second-order valence-corrected chi connectivity index (χ2v) is 6.97. The predicted octanol–water partition coefficient (Wildman–Crippen LogP) is 2.75. The number of thiophene rings is 1. The first-order valence-electron chi connectivity index (χ1n) is 8.45. The molecule has 0 unspecified atom stereocenters. The number of benzene rings is 1. The molecule has 0 aliphatic rings. The molecule has 0 spiro atoms. The van der Waals surface area contributed by atoms with E-state index in [-0.39, 0.29) is 18.2 Å². The predicted molar refractivity (Wildman–Crippen MR) is 102 cm³/mol. The van der Waals surface area contributed by atoms with Crippen LogP contribution in [0, 0.1) is 0 Å². The number of carbonyl (C=O) groups is 2. The summed E-state index contributed by atoms with van der Waals surface area (Å²) in [7, 11) is 3.42. The maximum absolute atomic E-state index is 12.0. The summed E-state index contributed by atoms with van der Waals surface area (Å²) in [4.78, 5) is 25.4. The van der Waals surface area contributed by atoms with Gasteiger partial charge in [-0.05, 0) is 29.1 Å². The summed E-state index contributed by atoms with van der Waals surface area (Å²) in [5.74, 6) is 0.766. The zero-order valence-electron chi connectivity index (χ0n) is 15.1. The first-order valence-corrected chi connectivity index (χ1v) is 9.39. The Morgan fingerprint density at radius 3 is 2.59 bits per heavy atom. The van der Waals surface area contributed by atoms with Crippen LogP contribution in [0.3, 0.4) is 0 Å². The number of hydrogen-bond acceptors (Lipinski definition) is 6. The zero-order chi connectivity index (χ0) is 19.2. The Morgan fingerprint density at radius 2 is 1.93 bits per heavy atom. The van der Waals surface area contributed by atoms with Gasteiger partial charge in [-0.15, -0.1) is 10.2 Å². The monoisotopic (exact) mass is 384 g/mol. The number of carbonyl (C=O) groups excluding carboxylic acids is 2. The fourth-order valence-electron chi connectivity index (χ4n) is 2.39. The highest BCUT2D eigenvalue weighted by Gasteiger charge is 2.11. The van der Waals surface area contributed by atoms with Gasteiger partial charge in [0, 0.05) is 50.0 Å². The molecular formula is C19H20N4O3S. The summed E-state index contributed by atoms with van der Waals surface area (Å²) in [6.07, 6.45) is 0.654. The molecule has 3 aromatic rings. The summed E-state index contributed by atoms with van der Waals surface area (Å²) >= 11 is 1.56. The van der Waals surface area contributed by atoms with E-state index in [1.165, 1.54) is 4.90 Å². The van der Waals surface area contributed by atoms with Crippen molar-refractivity contribution >= 4 is 23.2 Å². The van der Waals surface area contributed by atoms with Gasteiger partial charge >= 0.3 is 0 Å². The third kappa shape index (κ3) is 5.01. The molecule has 0 bridgehead atoms. The van der Waals surface area contributed by atoms with Crippen LogP contribution < -0.4 is 5.32 Å². The molecule has 1 aromatic carbocycles. The third-order valence-electron chi connectivity index (χ3n) is 3.90. The lowest BCUT2D eigenvalue weighted by Gasteiger charge is -2.10. The molecule has 0 atom stereocenters. The van der Waals surface area contributed by atoms with E-state index < -0.39 is 0 Å². The Morgan fingerprint density at radius 1 is 1.15 bits per heavy atom. The van der Waals surface area contributed by atoms with E-state index in [1.54, 1.807) is 37.6 Å². The van der Waals surface area contributed by atoms with Gasteiger partial charge in [-0.25, -0.2) is 0 Å². The minimum Gasteiger partial charge on any atom is -0.421 e. The fourth-order valence-corrected chi connectivity index (χ4v) is 3.02. The minimum absolute atomic E-state index is 0.0491. The molecule has 0 saturated heterocycles. The van der Waals surface area contributed by atoms with Gasteiger partial charge in [0.05, 0.1) is 0 Å². The molecule has 8 heteroatoms. The molecular weight excluding hydrogens is 364 g/mol. The van der Waals surface area contributed by atoms with Crippen molar-refractivity contribution in [3.63, 3.8) is 0 Å². The first kappa shape index (κ1) is 18.8. The fraction of sp³-hybridized carbons (Fsp3) is 0.263. The Kier molecular flexibility index (Phi) is 5.97. The van der Waals surface area contributed by atoms with Crippen molar-refractivity contribution in [3.05, 3.63) is 58.1 Å². The van der Waals surface area contributed by atoms with Crippen LogP contribution in [0.5, 0.6) is 0 Å². The van der Waals surface area contributed by atoms with Gasteiger partial charge in [0.1, 0.15) is 0 Å². The van der Waals surface area contributed by atoms with Crippen LogP contribution in [0.2, 0.25) is 0 Å². The number of aromatic nitrogens is 2. The van der Waals surface area contributed by atoms with Crippen molar-refractivity contribution in [2.24, 2.45) is 0 Å². The van der Waals surface area contributed by atoms with E-state index in [9.17, 15) is 9.59 Å². The molecule has 3 rings (SSSR count). The average molecular weight is 384 g/mol. The number of aryl methyl sites for hydroxylation is 1. The van der Waals surface area contributed by atoms with Gasteiger partial charge < -0.3 is 14.6 Å². The second-order valence-electron chi connectivity index (χ2n) is 6.19. The molecule has 0 aliphatic heterocycles. The summed E-state index contributed by atoms with van der Waals surface area (Å²) in [6, 6.07) is 9.10. The summed E-state index contributed by atoms with van der Waals surface area (Å²) in [5, 5.41) is 14.7. The number of nitrogens with zero attached hydrogens (tertiary/aromatic N) is 3. The summed E-state index contributed by atoms with van der Waals surface area (Å²) < 4.78 is 5.56. The van der Waals surface area contributed by atoms with Crippen molar-refractivity contribution in [3.8, 4) is 11.5 Å². The van der Waals surface area contributed by atoms with Gasteiger partial charge in [0.25, 0.3) is 5.91 Å².